The average molecular weight is 284 g/mol. The van der Waals surface area contributed by atoms with Gasteiger partial charge in [-0.25, -0.2) is 4.98 Å². The Hall–Kier alpha value is -0.490. The van der Waals surface area contributed by atoms with Crippen LogP contribution in [-0.4, -0.2) is 36.9 Å². The van der Waals surface area contributed by atoms with Crippen LogP contribution in [0.2, 0.25) is 0 Å². The molecule has 1 aliphatic rings. The first kappa shape index (κ1) is 14.9. The van der Waals surface area contributed by atoms with Crippen LogP contribution in [0, 0.1) is 5.92 Å². The van der Waals surface area contributed by atoms with Crippen molar-refractivity contribution in [2.45, 2.75) is 37.7 Å². The lowest BCUT2D eigenvalue weighted by Gasteiger charge is -2.37. The molecule has 5 heteroatoms. The van der Waals surface area contributed by atoms with Gasteiger partial charge in [-0.2, -0.15) is 0 Å². The van der Waals surface area contributed by atoms with Gasteiger partial charge in [-0.05, 0) is 38.6 Å². The topological polar surface area (TPSA) is 54.4 Å². The molecule has 1 fully saturated rings. The minimum atomic E-state index is -0.769. The zero-order chi connectivity index (χ0) is 13.6. The summed E-state index contributed by atoms with van der Waals surface area (Å²) in [6, 6.07) is 0. The van der Waals surface area contributed by atoms with Crippen molar-refractivity contribution in [2.75, 3.05) is 26.8 Å². The summed E-state index contributed by atoms with van der Waals surface area (Å²) in [7, 11) is 1.72. The van der Waals surface area contributed by atoms with Crippen molar-refractivity contribution in [3.63, 3.8) is 0 Å². The van der Waals surface area contributed by atoms with E-state index in [4.69, 9.17) is 4.74 Å². The third kappa shape index (κ3) is 3.75. The van der Waals surface area contributed by atoms with E-state index >= 15 is 0 Å². The quantitative estimate of drug-likeness (QED) is 0.753. The highest BCUT2D eigenvalue weighted by Gasteiger charge is 2.40. The maximum atomic E-state index is 11.2. The molecule has 1 aliphatic heterocycles. The van der Waals surface area contributed by atoms with Crippen LogP contribution in [0.1, 0.15) is 37.1 Å². The summed E-state index contributed by atoms with van der Waals surface area (Å²) in [6.45, 7) is 2.71. The van der Waals surface area contributed by atoms with Gasteiger partial charge in [0.2, 0.25) is 0 Å². The number of piperidine rings is 1. The predicted octanol–water partition coefficient (Wildman–Crippen LogP) is 2.15. The lowest BCUT2D eigenvalue weighted by atomic mass is 9.79. The molecule has 0 amide bonds. The normalized spacial score (nSPS) is 23.2. The molecule has 2 N–H and O–H groups in total. The van der Waals surface area contributed by atoms with Crippen LogP contribution in [0.15, 0.2) is 11.6 Å². The third-order valence-electron chi connectivity index (χ3n) is 3.93. The van der Waals surface area contributed by atoms with Gasteiger partial charge in [0.1, 0.15) is 10.6 Å². The molecule has 0 saturated carbocycles. The van der Waals surface area contributed by atoms with Gasteiger partial charge in [0.05, 0.1) is 0 Å². The number of hydrogen-bond acceptors (Lipinski definition) is 5. The summed E-state index contributed by atoms with van der Waals surface area (Å²) in [5, 5.41) is 17.4. The minimum absolute atomic E-state index is 0.273. The lowest BCUT2D eigenvalue weighted by Crippen LogP contribution is -2.44. The molecule has 1 aromatic rings. The minimum Gasteiger partial charge on any atom is -0.385 e. The van der Waals surface area contributed by atoms with Crippen LogP contribution in [0.25, 0.3) is 0 Å². The molecule has 2 rings (SSSR count). The van der Waals surface area contributed by atoms with E-state index in [1.807, 2.05) is 5.38 Å². The fraction of sp³-hybridized carbons (Fsp3) is 0.786. The Kier molecular flexibility index (Phi) is 5.76. The summed E-state index contributed by atoms with van der Waals surface area (Å²) in [6.07, 6.45) is 6.74. The summed E-state index contributed by atoms with van der Waals surface area (Å²) >= 11 is 1.57. The number of ether oxygens (including phenoxy) is 1. The Morgan fingerprint density at radius 2 is 2.47 bits per heavy atom. The fourth-order valence-electron chi connectivity index (χ4n) is 2.82. The predicted molar refractivity (Wildman–Crippen MR) is 77.3 cm³/mol. The summed E-state index contributed by atoms with van der Waals surface area (Å²) < 4.78 is 5.09. The molecular formula is C14H24N2O2S. The molecule has 2 atom stereocenters. The van der Waals surface area contributed by atoms with Crippen molar-refractivity contribution in [1.82, 2.24) is 10.3 Å². The van der Waals surface area contributed by atoms with Gasteiger partial charge in [-0.1, -0.05) is 0 Å². The molecule has 19 heavy (non-hydrogen) atoms. The van der Waals surface area contributed by atoms with Crippen molar-refractivity contribution in [3.8, 4) is 0 Å². The van der Waals surface area contributed by atoms with Crippen LogP contribution >= 0.6 is 11.3 Å². The SMILES string of the molecule is COCCCC[C@@](O)(c1nccs1)C1CCCNC1. The van der Waals surface area contributed by atoms with Crippen molar-refractivity contribution >= 4 is 11.3 Å². The van der Waals surface area contributed by atoms with Crippen molar-refractivity contribution < 1.29 is 9.84 Å². The second-order valence-electron chi connectivity index (χ2n) is 5.25. The summed E-state index contributed by atoms with van der Waals surface area (Å²) in [5.41, 5.74) is -0.769. The standard InChI is InChI=1S/C14H24N2O2S/c1-18-9-3-2-6-14(17,13-16-8-10-19-13)12-5-4-7-15-11-12/h8,10,12,15,17H,2-7,9,11H2,1H3/t12?,14-/m0/s1. The van der Waals surface area contributed by atoms with Gasteiger partial charge in [0.25, 0.3) is 0 Å². The van der Waals surface area contributed by atoms with Gasteiger partial charge in [-0.3, -0.25) is 0 Å². The van der Waals surface area contributed by atoms with E-state index in [9.17, 15) is 5.11 Å². The molecule has 0 spiro atoms. The smallest absolute Gasteiger partial charge is 0.125 e. The highest BCUT2D eigenvalue weighted by Crippen LogP contribution is 2.39. The van der Waals surface area contributed by atoms with E-state index in [-0.39, 0.29) is 5.92 Å². The number of nitrogens with one attached hydrogen (secondary N) is 1. The molecule has 0 radical (unpaired) electrons. The first-order valence-corrected chi connectivity index (χ1v) is 7.97. The number of thiazole rings is 1. The van der Waals surface area contributed by atoms with Gasteiger partial charge in [0, 0.05) is 37.8 Å². The maximum Gasteiger partial charge on any atom is 0.125 e. The number of methoxy groups -OCH3 is 1. The van der Waals surface area contributed by atoms with Crippen LogP contribution in [0.5, 0.6) is 0 Å². The zero-order valence-electron chi connectivity index (χ0n) is 11.6. The van der Waals surface area contributed by atoms with Crippen LogP contribution in [0.3, 0.4) is 0 Å². The molecule has 1 aromatic heterocycles. The average Bonchev–Trinajstić information content (AvgIpc) is 2.99. The summed E-state index contributed by atoms with van der Waals surface area (Å²) in [4.78, 5) is 4.37. The number of aromatic nitrogens is 1. The number of rotatable bonds is 7. The Bertz CT molecular complexity index is 352. The highest BCUT2D eigenvalue weighted by atomic mass is 32.1. The van der Waals surface area contributed by atoms with Gasteiger partial charge >= 0.3 is 0 Å². The fourth-order valence-corrected chi connectivity index (χ4v) is 3.67. The van der Waals surface area contributed by atoms with Gasteiger partial charge < -0.3 is 15.2 Å². The van der Waals surface area contributed by atoms with Crippen molar-refractivity contribution in [1.29, 1.82) is 0 Å². The second kappa shape index (κ2) is 7.33. The Balaban J connectivity index is 2.03. The first-order chi connectivity index (χ1) is 9.27. The Morgan fingerprint density at radius 1 is 1.58 bits per heavy atom. The van der Waals surface area contributed by atoms with E-state index in [0.29, 0.717) is 0 Å². The monoisotopic (exact) mass is 284 g/mol. The van der Waals surface area contributed by atoms with E-state index in [2.05, 4.69) is 10.3 Å². The van der Waals surface area contributed by atoms with E-state index in [1.165, 1.54) is 0 Å². The molecule has 0 bridgehead atoms. The van der Waals surface area contributed by atoms with E-state index in [0.717, 1.165) is 56.8 Å². The number of nitrogens with zero attached hydrogens (tertiary/aromatic N) is 1. The molecule has 2 heterocycles. The molecular weight excluding hydrogens is 260 g/mol. The first-order valence-electron chi connectivity index (χ1n) is 7.09. The lowest BCUT2D eigenvalue weighted by molar-refractivity contribution is -0.0435. The van der Waals surface area contributed by atoms with Crippen molar-refractivity contribution in [2.24, 2.45) is 5.92 Å². The third-order valence-corrected chi connectivity index (χ3v) is 4.87. The highest BCUT2D eigenvalue weighted by molar-refractivity contribution is 7.09. The molecule has 0 aliphatic carbocycles. The Labute approximate surface area is 119 Å². The van der Waals surface area contributed by atoms with Crippen LogP contribution in [-0.2, 0) is 10.3 Å². The number of unbranched alkanes of at least 4 members (excludes halogenated alkanes) is 1. The van der Waals surface area contributed by atoms with Gasteiger partial charge in [0.15, 0.2) is 0 Å². The largest absolute Gasteiger partial charge is 0.385 e. The molecule has 4 nitrogen and oxygen atoms in total. The van der Waals surface area contributed by atoms with E-state index in [1.54, 1.807) is 24.6 Å². The Morgan fingerprint density at radius 3 is 3.11 bits per heavy atom. The van der Waals surface area contributed by atoms with Crippen molar-refractivity contribution in [3.05, 3.63) is 16.6 Å². The van der Waals surface area contributed by atoms with Crippen LogP contribution in [0.4, 0.5) is 0 Å². The number of aliphatic hydroxyl groups is 1. The second-order valence-corrected chi connectivity index (χ2v) is 6.15. The molecule has 108 valence electrons. The van der Waals surface area contributed by atoms with Crippen LogP contribution < -0.4 is 5.32 Å². The summed E-state index contributed by atoms with van der Waals surface area (Å²) in [5.74, 6) is 0.273. The van der Waals surface area contributed by atoms with E-state index < -0.39 is 5.60 Å². The maximum absolute atomic E-state index is 11.2. The zero-order valence-corrected chi connectivity index (χ0v) is 12.4. The molecule has 1 saturated heterocycles. The molecule has 0 aromatic carbocycles. The van der Waals surface area contributed by atoms with Gasteiger partial charge in [-0.15, -0.1) is 11.3 Å². The number of hydrogen-bond donors (Lipinski definition) is 2. The molecule has 1 unspecified atom stereocenters.